The van der Waals surface area contributed by atoms with Crippen LogP contribution in [0.1, 0.15) is 114 Å². The first-order chi connectivity index (χ1) is 60.2. The van der Waals surface area contributed by atoms with E-state index in [1.807, 2.05) is 0 Å². The van der Waals surface area contributed by atoms with Crippen LogP contribution in [0.3, 0.4) is 0 Å². The molecule has 40 nitrogen and oxygen atoms in total. The molecule has 0 aliphatic carbocycles. The number of aromatic amines is 1. The summed E-state index contributed by atoms with van der Waals surface area (Å²) in [7, 11) is 2.88. The smallest absolute Gasteiger partial charge is 0.245 e. The lowest BCUT2D eigenvalue weighted by Crippen LogP contribution is -2.63. The summed E-state index contributed by atoms with van der Waals surface area (Å²) in [5, 5.41) is 67.0. The Balaban J connectivity index is 0.00000312. The van der Waals surface area contributed by atoms with Crippen LogP contribution in [0.25, 0.3) is 21.3 Å². The van der Waals surface area contributed by atoms with E-state index in [1.165, 1.54) is 21.0 Å². The Morgan fingerprint density at radius 3 is 1.27 bits per heavy atom. The van der Waals surface area contributed by atoms with Crippen LogP contribution in [0.2, 0.25) is 0 Å². The summed E-state index contributed by atoms with van der Waals surface area (Å²) in [4.78, 5) is 226. The number of rotatable bonds is 59. The molecule has 3 unspecified atom stereocenters. The first kappa shape index (κ1) is 107. The number of H-pyrrole nitrogens is 1. The highest BCUT2D eigenvalue weighted by atomic mass is 32.1. The highest BCUT2D eigenvalue weighted by Crippen LogP contribution is 2.21. The minimum atomic E-state index is -1.90. The SMILES string of the molecule is CC(=O)CCCCN=[N+]=[N-].CN[C@@H](CS)C(=O)C(=O)CNN[C@@H](C)C(=O)NC(CCCCN)C(=O)N[C@@H](CC(N)=O)C(=O)NC(Cc1ccccc1)C(=O)N[C@@H](Cc1ccccc1)C(=O)NC(Cc1c[nH]c2ccccc12)C(=O)N[C@@H](CCCCN)C(=O)N[C@H](C(=O)N[C@@H](Cc1ccccc1)C(=O)N[C@H](C(=O)N[C@@H](CO)C(=O)C(=O)[C@H](CS)NC)[C@@H](C)O)[C@@H](C)O. The van der Waals surface area contributed by atoms with Gasteiger partial charge in [0.15, 0.2) is 0 Å². The van der Waals surface area contributed by atoms with Gasteiger partial charge in [-0.3, -0.25) is 71.9 Å². The number of aliphatic hydroxyl groups is 3. The largest absolute Gasteiger partial charge is 0.394 e. The highest BCUT2D eigenvalue weighted by Gasteiger charge is 2.40. The third-order valence-corrected chi connectivity index (χ3v) is 20.6. The predicted molar refractivity (Wildman–Crippen MR) is 474 cm³/mol. The zero-order valence-corrected chi connectivity index (χ0v) is 73.2. The molecule has 0 saturated heterocycles. The number of primary amides is 1. The van der Waals surface area contributed by atoms with Gasteiger partial charge in [0, 0.05) is 72.2 Å². The van der Waals surface area contributed by atoms with E-state index in [0.717, 1.165) is 26.7 Å². The lowest BCUT2D eigenvalue weighted by atomic mass is 10.00. The summed E-state index contributed by atoms with van der Waals surface area (Å²) in [5.74, 6) is -15.0. The summed E-state index contributed by atoms with van der Waals surface area (Å²) in [6.45, 7) is 4.52. The van der Waals surface area contributed by atoms with E-state index in [0.29, 0.717) is 65.4 Å². The third kappa shape index (κ3) is 37.4. The number of hydrazine groups is 1. The molecular weight excluding hydrogens is 1670 g/mol. The number of aliphatic hydroxyl groups excluding tert-OH is 3. The van der Waals surface area contributed by atoms with Gasteiger partial charge in [0.1, 0.15) is 66.2 Å². The lowest BCUT2D eigenvalue weighted by molar-refractivity contribution is -0.141. The van der Waals surface area contributed by atoms with Gasteiger partial charge in [-0.1, -0.05) is 114 Å². The van der Waals surface area contributed by atoms with Crippen LogP contribution in [0.15, 0.2) is 127 Å². The quantitative estimate of drug-likeness (QED) is 0.00351. The normalized spacial score (nSPS) is 14.6. The Labute approximate surface area is 741 Å². The number of azide groups is 1. The van der Waals surface area contributed by atoms with Crippen molar-refractivity contribution in [2.45, 2.75) is 208 Å². The first-order valence-corrected chi connectivity index (χ1v) is 42.5. The van der Waals surface area contributed by atoms with Gasteiger partial charge in [0.05, 0.1) is 49.9 Å². The minimum Gasteiger partial charge on any atom is -0.394 e. The molecule has 42 heteroatoms. The van der Waals surface area contributed by atoms with Gasteiger partial charge in [-0.25, -0.2) is 10.9 Å². The summed E-state index contributed by atoms with van der Waals surface area (Å²) in [6, 6.07) is 12.1. The summed E-state index contributed by atoms with van der Waals surface area (Å²) in [6.07, 6.45) is -0.491. The number of Topliss-reactive ketones (excluding diaryl/α,β-unsaturated/α-hetero) is 5. The number of aromatic nitrogens is 1. The van der Waals surface area contributed by atoms with Gasteiger partial charge < -0.3 is 106 Å². The number of benzene rings is 4. The van der Waals surface area contributed by atoms with E-state index < -0.39 is 198 Å². The molecule has 5 rings (SSSR count). The van der Waals surface area contributed by atoms with Crippen LogP contribution in [0.5, 0.6) is 0 Å². The van der Waals surface area contributed by atoms with Crippen molar-refractivity contribution in [2.75, 3.05) is 58.4 Å². The van der Waals surface area contributed by atoms with E-state index in [4.69, 9.17) is 22.7 Å². The molecule has 1 aromatic heterocycles. The number of nitrogens with two attached hydrogens (primary N) is 3. The average Bonchev–Trinajstić information content (AvgIpc) is 1.62. The number of para-hydroxylation sites is 1. The maximum atomic E-state index is 15.4. The average molecular weight is 1790 g/mol. The molecule has 0 aliphatic rings. The number of amides is 11. The number of thiol groups is 2. The van der Waals surface area contributed by atoms with Crippen LogP contribution in [-0.2, 0) is 102 Å². The highest BCUT2D eigenvalue weighted by molar-refractivity contribution is 7.80. The van der Waals surface area contributed by atoms with Crippen LogP contribution < -0.4 is 91.9 Å². The first-order valence-electron chi connectivity index (χ1n) is 41.3. The number of hydrogen-bond acceptors (Lipinski definition) is 28. The van der Waals surface area contributed by atoms with Crippen molar-refractivity contribution in [1.82, 2.24) is 79.6 Å². The van der Waals surface area contributed by atoms with Crippen LogP contribution in [0, 0.1) is 0 Å². The Morgan fingerprint density at radius 2 is 0.841 bits per heavy atom. The van der Waals surface area contributed by atoms with Crippen LogP contribution >= 0.6 is 25.3 Å². The maximum Gasteiger partial charge on any atom is 0.245 e. The standard InChI is InChI=1S/C78H110N18O18S2.C6H11N3O/c1-43(96-85-39-62(100)66(102)60(41-115)82-4)69(105)86-52(29-17-19-31-79)70(106)91-58(37-63(81)101)75(111)89-54(33-46-21-9-6-10-22-46)72(108)88-55(34-47-23-11-7-12-24-47)73(109)90-57(36-49-38-84-51-28-16-15-27-50(49)51)74(110)87-53(30-18-20-32-80)71(107)94-64(44(2)98)77(113)92-56(35-48-25-13-8-14-26-48)76(112)95-65(45(3)99)78(114)93-59(40-97)67(103)68(104)61(42-116)83-5;1-6(10)4-2-3-5-8-9-7/h6-16,21-28,38,43-45,52-61,64-65,82-85,96-99,115-116H,17-20,29-37,39-42,79-80H2,1-5H3,(H2,81,101)(H,86,105)(H,87,110)(H,88,108)(H,89,111)(H,90,109)(H,91,106)(H,92,113)(H,93,114)(H,94,107)(H,95,112);2-5H2,1H3/t43-,44+,45+,52?,53-,54?,55-,56-,57?,58-,59-,60-,61-,64-,65-;/m0./s1. The summed E-state index contributed by atoms with van der Waals surface area (Å²) < 4.78 is 0. The molecule has 688 valence electrons. The van der Waals surface area contributed by atoms with Gasteiger partial charge in [-0.2, -0.15) is 25.3 Å². The predicted octanol–water partition coefficient (Wildman–Crippen LogP) is -2.98. The molecule has 11 amide bonds. The third-order valence-electron chi connectivity index (χ3n) is 19.9. The van der Waals surface area contributed by atoms with Crippen molar-refractivity contribution in [1.29, 1.82) is 0 Å². The maximum absolute atomic E-state index is 15.4. The number of likely N-dealkylation sites (N-methyl/N-ethyl adjacent to an activating group) is 2. The van der Waals surface area contributed by atoms with E-state index in [9.17, 15) is 77.6 Å². The number of carbonyl (C=O) groups is 16. The molecule has 5 aromatic rings. The van der Waals surface area contributed by atoms with Gasteiger partial charge in [-0.05, 0) is 140 Å². The fourth-order valence-corrected chi connectivity index (χ4v) is 13.4. The monoisotopic (exact) mass is 1790 g/mol. The second-order valence-corrected chi connectivity index (χ2v) is 30.6. The van der Waals surface area contributed by atoms with Crippen LogP contribution in [-0.4, -0.2) is 263 Å². The van der Waals surface area contributed by atoms with E-state index in [2.05, 4.69) is 115 Å². The molecule has 0 fully saturated rings. The molecule has 0 saturated carbocycles. The fourth-order valence-electron chi connectivity index (χ4n) is 12.7. The molecule has 1 heterocycles. The van der Waals surface area contributed by atoms with Crippen molar-refractivity contribution in [3.8, 4) is 0 Å². The number of ketones is 5. The van der Waals surface area contributed by atoms with Crippen molar-refractivity contribution >= 4 is 130 Å². The van der Waals surface area contributed by atoms with Crippen molar-refractivity contribution < 1.29 is 92.0 Å². The molecule has 0 radical (unpaired) electrons. The molecule has 0 aliphatic heterocycles. The summed E-state index contributed by atoms with van der Waals surface area (Å²) in [5.41, 5.74) is 32.9. The molecule has 15 atom stereocenters. The van der Waals surface area contributed by atoms with Crippen molar-refractivity contribution in [3.63, 3.8) is 0 Å². The number of unbranched alkanes of at least 4 members (excludes halogenated alkanes) is 3. The van der Waals surface area contributed by atoms with E-state index in [-0.39, 0.29) is 75.3 Å². The Bertz CT molecular complexity index is 4440. The van der Waals surface area contributed by atoms with Crippen LogP contribution in [0.4, 0.5) is 0 Å². The Kier molecular flexibility index (Phi) is 49.2. The lowest BCUT2D eigenvalue weighted by Gasteiger charge is -2.29. The Hall–Kier alpha value is -11.4. The molecule has 126 heavy (non-hydrogen) atoms. The van der Waals surface area contributed by atoms with Gasteiger partial charge in [0.25, 0.3) is 0 Å². The number of hydrogen-bond donors (Lipinski definition) is 23. The fraction of sp³-hybridized carbons (Fsp3) is 0.500. The number of carbonyl (C=O) groups excluding carboxylic acids is 16. The van der Waals surface area contributed by atoms with Gasteiger partial charge in [0.2, 0.25) is 88.1 Å². The molecule has 0 bridgehead atoms. The van der Waals surface area contributed by atoms with E-state index >= 15 is 14.4 Å². The van der Waals surface area contributed by atoms with Gasteiger partial charge >= 0.3 is 0 Å². The van der Waals surface area contributed by atoms with Crippen molar-refractivity contribution in [2.24, 2.45) is 22.3 Å². The molecule has 4 aromatic carbocycles. The Morgan fingerprint density at radius 1 is 0.460 bits per heavy atom. The number of nitrogens with zero attached hydrogens (tertiary/aromatic N) is 3. The van der Waals surface area contributed by atoms with Gasteiger partial charge in [-0.15, -0.1) is 0 Å². The summed E-state index contributed by atoms with van der Waals surface area (Å²) >= 11 is 8.14. The van der Waals surface area contributed by atoms with E-state index in [1.54, 1.807) is 128 Å². The number of fused-ring (bicyclic) bond motifs is 1. The topological polar surface area (TPSA) is 645 Å². The minimum absolute atomic E-state index is 0.0280. The molecule has 0 spiro atoms. The second kappa shape index (κ2) is 58.0. The second-order valence-electron chi connectivity index (χ2n) is 29.9. The van der Waals surface area contributed by atoms with Crippen molar-refractivity contribution in [3.05, 3.63) is 154 Å². The molecule has 24 N–H and O–H groups in total. The molecular formula is C84H121N21O19S2. The number of nitrogens with one attached hydrogen (secondary N) is 15. The zero-order chi connectivity index (χ0) is 93.4. The zero-order valence-electron chi connectivity index (χ0n) is 71.4.